The molecule has 2 heterocycles. The average molecular weight is 329 g/mol. The Morgan fingerprint density at radius 1 is 1.12 bits per heavy atom. The molecular formula is C20H31N3O. The summed E-state index contributed by atoms with van der Waals surface area (Å²) in [7, 11) is 0. The minimum Gasteiger partial charge on any atom is -0.340 e. The highest BCUT2D eigenvalue weighted by Crippen LogP contribution is 2.32. The molecule has 0 spiro atoms. The number of nitrogens with two attached hydrogens (primary N) is 1. The van der Waals surface area contributed by atoms with Crippen molar-refractivity contribution in [3.05, 3.63) is 35.9 Å². The summed E-state index contributed by atoms with van der Waals surface area (Å²) in [5.41, 5.74) is 7.33. The Kier molecular flexibility index (Phi) is 5.90. The van der Waals surface area contributed by atoms with E-state index in [9.17, 15) is 4.79 Å². The fraction of sp³-hybridized carbons (Fsp3) is 0.650. The van der Waals surface area contributed by atoms with Gasteiger partial charge in [-0.05, 0) is 50.9 Å². The molecule has 0 radical (unpaired) electrons. The normalized spacial score (nSPS) is 27.0. The van der Waals surface area contributed by atoms with Crippen molar-refractivity contribution in [2.24, 2.45) is 11.7 Å². The van der Waals surface area contributed by atoms with Crippen LogP contribution in [0.15, 0.2) is 30.3 Å². The molecule has 1 amide bonds. The number of benzene rings is 1. The zero-order valence-electron chi connectivity index (χ0n) is 14.9. The topological polar surface area (TPSA) is 49.6 Å². The fourth-order valence-corrected chi connectivity index (χ4v) is 4.27. The molecule has 1 aromatic carbocycles. The third-order valence-electron chi connectivity index (χ3n) is 5.83. The largest absolute Gasteiger partial charge is 0.340 e. The second kappa shape index (κ2) is 8.13. The van der Waals surface area contributed by atoms with E-state index in [1.54, 1.807) is 0 Å². The van der Waals surface area contributed by atoms with Crippen LogP contribution < -0.4 is 5.73 Å². The van der Waals surface area contributed by atoms with Crippen LogP contribution in [-0.4, -0.2) is 54.5 Å². The molecule has 4 nitrogen and oxygen atoms in total. The number of hydrogen-bond donors (Lipinski definition) is 1. The van der Waals surface area contributed by atoms with Crippen LogP contribution in [-0.2, 0) is 4.79 Å². The second-order valence-electron chi connectivity index (χ2n) is 7.38. The number of carbonyl (C=O) groups excluding carboxylic acids is 1. The Balaban J connectivity index is 1.67. The summed E-state index contributed by atoms with van der Waals surface area (Å²) in [6, 6.07) is 10.5. The third-order valence-corrected chi connectivity index (χ3v) is 5.83. The number of likely N-dealkylation sites (tertiary alicyclic amines) is 2. The van der Waals surface area contributed by atoms with E-state index in [0.717, 1.165) is 26.2 Å². The van der Waals surface area contributed by atoms with Gasteiger partial charge in [-0.25, -0.2) is 0 Å². The lowest BCUT2D eigenvalue weighted by Crippen LogP contribution is -2.47. The van der Waals surface area contributed by atoms with Gasteiger partial charge in [0.25, 0.3) is 0 Å². The molecule has 2 N–H and O–H groups in total. The smallest absolute Gasteiger partial charge is 0.239 e. The molecule has 2 fully saturated rings. The highest BCUT2D eigenvalue weighted by Gasteiger charge is 2.37. The lowest BCUT2D eigenvalue weighted by molar-refractivity contribution is -0.135. The molecular weight excluding hydrogens is 298 g/mol. The van der Waals surface area contributed by atoms with E-state index >= 15 is 0 Å². The minimum absolute atomic E-state index is 0.00366. The number of nitrogens with zero attached hydrogens (tertiary/aromatic N) is 2. The first-order chi connectivity index (χ1) is 11.7. The molecule has 24 heavy (non-hydrogen) atoms. The third kappa shape index (κ3) is 3.81. The van der Waals surface area contributed by atoms with Gasteiger partial charge in [0.15, 0.2) is 0 Å². The summed E-state index contributed by atoms with van der Waals surface area (Å²) in [6.45, 7) is 6.45. The highest BCUT2D eigenvalue weighted by molar-refractivity contribution is 5.82. The second-order valence-corrected chi connectivity index (χ2v) is 7.38. The van der Waals surface area contributed by atoms with E-state index in [1.807, 2.05) is 6.07 Å². The predicted molar refractivity (Wildman–Crippen MR) is 97.8 cm³/mol. The monoisotopic (exact) mass is 329 g/mol. The lowest BCUT2D eigenvalue weighted by atomic mass is 9.89. The summed E-state index contributed by atoms with van der Waals surface area (Å²) in [6.07, 6.45) is 5.03. The first-order valence-corrected chi connectivity index (χ1v) is 9.48. The maximum Gasteiger partial charge on any atom is 0.239 e. The number of hydrogen-bond acceptors (Lipinski definition) is 3. The Bertz CT molecular complexity index is 525. The van der Waals surface area contributed by atoms with E-state index in [4.69, 9.17) is 5.73 Å². The zero-order chi connectivity index (χ0) is 16.9. The van der Waals surface area contributed by atoms with Gasteiger partial charge in [-0.3, -0.25) is 9.69 Å². The quantitative estimate of drug-likeness (QED) is 0.923. The van der Waals surface area contributed by atoms with E-state index < -0.39 is 0 Å². The van der Waals surface area contributed by atoms with Gasteiger partial charge in [0.05, 0.1) is 6.04 Å². The van der Waals surface area contributed by atoms with Crippen LogP contribution in [0.2, 0.25) is 0 Å². The first kappa shape index (κ1) is 17.4. The molecule has 1 unspecified atom stereocenters. The molecule has 4 heteroatoms. The summed E-state index contributed by atoms with van der Waals surface area (Å²) in [5, 5.41) is 0. The van der Waals surface area contributed by atoms with Crippen molar-refractivity contribution < 1.29 is 4.79 Å². The average Bonchev–Trinajstić information content (AvgIpc) is 2.88. The summed E-state index contributed by atoms with van der Waals surface area (Å²) < 4.78 is 0. The maximum absolute atomic E-state index is 13.0. The van der Waals surface area contributed by atoms with Gasteiger partial charge in [-0.15, -0.1) is 0 Å². The Labute approximate surface area is 146 Å². The SMILES string of the molecule is CC(C(=O)N1C[C@@H](CN)[C@H](c2ccccc2)C1)N1CCCCCC1. The highest BCUT2D eigenvalue weighted by atomic mass is 16.2. The van der Waals surface area contributed by atoms with Gasteiger partial charge in [-0.2, -0.15) is 0 Å². The van der Waals surface area contributed by atoms with E-state index in [-0.39, 0.29) is 11.9 Å². The van der Waals surface area contributed by atoms with Gasteiger partial charge in [-0.1, -0.05) is 43.2 Å². The van der Waals surface area contributed by atoms with Crippen molar-refractivity contribution in [3.8, 4) is 0 Å². The Hall–Kier alpha value is -1.39. The van der Waals surface area contributed by atoms with Gasteiger partial charge in [0, 0.05) is 19.0 Å². The standard InChI is InChI=1S/C20H31N3O/c1-16(22-11-7-2-3-8-12-22)20(24)23-14-18(13-21)19(15-23)17-9-5-4-6-10-17/h4-6,9-10,16,18-19H,2-3,7-8,11-15,21H2,1H3/t16?,18-,19+/m1/s1. The van der Waals surface area contributed by atoms with Crippen molar-refractivity contribution in [1.29, 1.82) is 0 Å². The van der Waals surface area contributed by atoms with Crippen molar-refractivity contribution in [1.82, 2.24) is 9.80 Å². The van der Waals surface area contributed by atoms with Gasteiger partial charge >= 0.3 is 0 Å². The van der Waals surface area contributed by atoms with Crippen molar-refractivity contribution in [2.45, 2.75) is 44.6 Å². The van der Waals surface area contributed by atoms with Crippen LogP contribution in [0.1, 0.15) is 44.1 Å². The summed E-state index contributed by atoms with van der Waals surface area (Å²) in [4.78, 5) is 17.5. The molecule has 132 valence electrons. The zero-order valence-corrected chi connectivity index (χ0v) is 14.9. The molecule has 2 aliphatic heterocycles. The predicted octanol–water partition coefficient (Wildman–Crippen LogP) is 2.45. The van der Waals surface area contributed by atoms with Crippen molar-refractivity contribution >= 4 is 5.91 Å². The molecule has 3 rings (SSSR count). The molecule has 0 aromatic heterocycles. The molecule has 1 aromatic rings. The molecule has 0 bridgehead atoms. The van der Waals surface area contributed by atoms with E-state index in [1.165, 1.54) is 31.2 Å². The maximum atomic E-state index is 13.0. The molecule has 2 aliphatic rings. The lowest BCUT2D eigenvalue weighted by Gasteiger charge is -2.30. The molecule has 3 atom stereocenters. The Morgan fingerprint density at radius 2 is 1.79 bits per heavy atom. The van der Waals surface area contributed by atoms with Crippen LogP contribution in [0, 0.1) is 5.92 Å². The van der Waals surface area contributed by atoms with Gasteiger partial charge in [0.1, 0.15) is 0 Å². The first-order valence-electron chi connectivity index (χ1n) is 9.48. The molecule has 0 saturated carbocycles. The summed E-state index contributed by atoms with van der Waals surface area (Å²) >= 11 is 0. The summed E-state index contributed by atoms with van der Waals surface area (Å²) in [5.74, 6) is 1.03. The van der Waals surface area contributed by atoms with Crippen molar-refractivity contribution in [2.75, 3.05) is 32.7 Å². The molecule has 0 aliphatic carbocycles. The van der Waals surface area contributed by atoms with Crippen LogP contribution >= 0.6 is 0 Å². The Morgan fingerprint density at radius 3 is 2.42 bits per heavy atom. The van der Waals surface area contributed by atoms with Crippen LogP contribution in [0.3, 0.4) is 0 Å². The number of carbonyl (C=O) groups is 1. The van der Waals surface area contributed by atoms with Crippen LogP contribution in [0.25, 0.3) is 0 Å². The molecule has 2 saturated heterocycles. The minimum atomic E-state index is -0.00366. The van der Waals surface area contributed by atoms with Gasteiger partial charge < -0.3 is 10.6 Å². The number of amides is 1. The van der Waals surface area contributed by atoms with E-state index in [0.29, 0.717) is 18.4 Å². The number of rotatable bonds is 4. The fourth-order valence-electron chi connectivity index (χ4n) is 4.27. The van der Waals surface area contributed by atoms with Crippen molar-refractivity contribution in [3.63, 3.8) is 0 Å². The van der Waals surface area contributed by atoms with Crippen LogP contribution in [0.4, 0.5) is 0 Å². The van der Waals surface area contributed by atoms with Crippen LogP contribution in [0.5, 0.6) is 0 Å². The van der Waals surface area contributed by atoms with E-state index in [2.05, 4.69) is 41.0 Å². The van der Waals surface area contributed by atoms with Gasteiger partial charge in [0.2, 0.25) is 5.91 Å².